The van der Waals surface area contributed by atoms with Gasteiger partial charge in [0.2, 0.25) is 0 Å². The molecule has 0 fully saturated rings. The standard InChI is InChI=1S/C4H4BrNO3S/c1-9-4-6-2-3(5)10(4,7)8/h2H,1H3. The highest BCUT2D eigenvalue weighted by Crippen LogP contribution is 2.22. The van der Waals surface area contributed by atoms with Crippen LogP contribution in [-0.2, 0) is 14.6 Å². The lowest BCUT2D eigenvalue weighted by Gasteiger charge is -1.96. The molecular weight excluding hydrogens is 222 g/mol. The first-order chi connectivity index (χ1) is 4.59. The molecule has 0 amide bonds. The second kappa shape index (κ2) is 2.35. The average molecular weight is 226 g/mol. The summed E-state index contributed by atoms with van der Waals surface area (Å²) in [6.07, 6.45) is 1.19. The van der Waals surface area contributed by atoms with Gasteiger partial charge in [0.05, 0.1) is 13.3 Å². The van der Waals surface area contributed by atoms with Crippen molar-refractivity contribution in [2.75, 3.05) is 7.11 Å². The molecule has 1 aliphatic heterocycles. The molecule has 0 aromatic heterocycles. The lowest BCUT2D eigenvalue weighted by Crippen LogP contribution is -2.12. The van der Waals surface area contributed by atoms with Gasteiger partial charge in [-0.15, -0.1) is 0 Å². The van der Waals surface area contributed by atoms with E-state index in [9.17, 15) is 8.42 Å². The summed E-state index contributed by atoms with van der Waals surface area (Å²) < 4.78 is 26.4. The number of ether oxygens (including phenoxy) is 1. The van der Waals surface area contributed by atoms with Crippen molar-refractivity contribution < 1.29 is 13.2 Å². The number of sulfone groups is 1. The van der Waals surface area contributed by atoms with Crippen LogP contribution in [0, 0.1) is 0 Å². The first kappa shape index (κ1) is 7.74. The highest BCUT2D eigenvalue weighted by molar-refractivity contribution is 9.14. The number of rotatable bonds is 0. The molecule has 0 unspecified atom stereocenters. The lowest BCUT2D eigenvalue weighted by atomic mass is 11.0. The second-order valence-corrected chi connectivity index (χ2v) is 4.71. The van der Waals surface area contributed by atoms with E-state index in [4.69, 9.17) is 0 Å². The van der Waals surface area contributed by atoms with E-state index in [1.807, 2.05) is 0 Å². The molecule has 0 spiro atoms. The normalized spacial score (nSPS) is 21.8. The van der Waals surface area contributed by atoms with Gasteiger partial charge in [0.15, 0.2) is 0 Å². The maximum absolute atomic E-state index is 11.0. The largest absolute Gasteiger partial charge is 0.472 e. The Kier molecular flexibility index (Phi) is 1.82. The average Bonchev–Trinajstić information content (AvgIpc) is 2.10. The molecule has 0 aromatic rings. The van der Waals surface area contributed by atoms with Crippen LogP contribution in [0.3, 0.4) is 0 Å². The van der Waals surface area contributed by atoms with E-state index in [0.717, 1.165) is 0 Å². The predicted octanol–water partition coefficient (Wildman–Crippen LogP) is 0.611. The smallest absolute Gasteiger partial charge is 0.315 e. The van der Waals surface area contributed by atoms with Crippen molar-refractivity contribution in [2.24, 2.45) is 4.99 Å². The topological polar surface area (TPSA) is 55.7 Å². The summed E-state index contributed by atoms with van der Waals surface area (Å²) in [5.41, 5.74) is 0. The Hall–Kier alpha value is -0.360. The fourth-order valence-corrected chi connectivity index (χ4v) is 1.78. The van der Waals surface area contributed by atoms with Crippen LogP contribution < -0.4 is 0 Å². The fourth-order valence-electron chi connectivity index (χ4n) is 0.488. The predicted molar refractivity (Wildman–Crippen MR) is 40.4 cm³/mol. The molecule has 0 saturated carbocycles. The molecule has 1 heterocycles. The third-order valence-electron chi connectivity index (χ3n) is 0.933. The number of hydrogen-bond acceptors (Lipinski definition) is 4. The van der Waals surface area contributed by atoms with Crippen LogP contribution in [-0.4, -0.2) is 20.8 Å². The van der Waals surface area contributed by atoms with E-state index < -0.39 is 9.84 Å². The summed E-state index contributed by atoms with van der Waals surface area (Å²) in [4.78, 5) is 3.49. The number of methoxy groups -OCH3 is 1. The molecule has 0 radical (unpaired) electrons. The van der Waals surface area contributed by atoms with Crippen molar-refractivity contribution in [3.8, 4) is 0 Å². The number of hydrogen-bond donors (Lipinski definition) is 0. The summed E-state index contributed by atoms with van der Waals surface area (Å²) in [5.74, 6) is 0. The molecule has 6 heteroatoms. The van der Waals surface area contributed by atoms with Crippen LogP contribution in [0.25, 0.3) is 0 Å². The maximum atomic E-state index is 11.0. The Morgan fingerprint density at radius 1 is 1.70 bits per heavy atom. The summed E-state index contributed by atoms with van der Waals surface area (Å²) in [6, 6.07) is 0. The lowest BCUT2D eigenvalue weighted by molar-refractivity contribution is 0.412. The molecule has 1 aliphatic rings. The zero-order valence-electron chi connectivity index (χ0n) is 5.04. The molecule has 1 rings (SSSR count). The van der Waals surface area contributed by atoms with Crippen molar-refractivity contribution in [3.63, 3.8) is 0 Å². The van der Waals surface area contributed by atoms with Gasteiger partial charge < -0.3 is 4.74 Å². The monoisotopic (exact) mass is 225 g/mol. The van der Waals surface area contributed by atoms with Crippen LogP contribution in [0.5, 0.6) is 0 Å². The van der Waals surface area contributed by atoms with Gasteiger partial charge in [-0.3, -0.25) is 0 Å². The van der Waals surface area contributed by atoms with Crippen LogP contribution in [0.2, 0.25) is 0 Å². The van der Waals surface area contributed by atoms with E-state index >= 15 is 0 Å². The Morgan fingerprint density at radius 3 is 2.50 bits per heavy atom. The van der Waals surface area contributed by atoms with Gasteiger partial charge in [0, 0.05) is 0 Å². The van der Waals surface area contributed by atoms with Gasteiger partial charge in [0.25, 0.3) is 9.84 Å². The third-order valence-corrected chi connectivity index (χ3v) is 3.77. The first-order valence-electron chi connectivity index (χ1n) is 2.31. The van der Waals surface area contributed by atoms with Crippen LogP contribution in [0.4, 0.5) is 0 Å². The minimum absolute atomic E-state index is 0.0388. The second-order valence-electron chi connectivity index (χ2n) is 1.54. The van der Waals surface area contributed by atoms with Gasteiger partial charge in [-0.25, -0.2) is 13.4 Å². The van der Waals surface area contributed by atoms with Crippen molar-refractivity contribution in [1.29, 1.82) is 0 Å². The quantitative estimate of drug-likeness (QED) is 0.608. The number of nitrogens with zero attached hydrogens (tertiary/aromatic N) is 1. The SMILES string of the molecule is COC1=NC=C(Br)S1(=O)=O. The van der Waals surface area contributed by atoms with E-state index in [0.29, 0.717) is 0 Å². The summed E-state index contributed by atoms with van der Waals surface area (Å²) in [6.45, 7) is 0. The highest BCUT2D eigenvalue weighted by atomic mass is 79.9. The van der Waals surface area contributed by atoms with Crippen molar-refractivity contribution in [1.82, 2.24) is 0 Å². The summed E-state index contributed by atoms with van der Waals surface area (Å²) in [5, 5.41) is -0.264. The summed E-state index contributed by atoms with van der Waals surface area (Å²) >= 11 is 2.82. The Balaban J connectivity index is 3.14. The Labute approximate surface area is 66.6 Å². The zero-order valence-corrected chi connectivity index (χ0v) is 7.44. The van der Waals surface area contributed by atoms with Crippen LogP contribution in [0.15, 0.2) is 15.0 Å². The van der Waals surface area contributed by atoms with E-state index in [1.54, 1.807) is 0 Å². The minimum Gasteiger partial charge on any atom is -0.472 e. The van der Waals surface area contributed by atoms with Crippen molar-refractivity contribution in [2.45, 2.75) is 0 Å². The molecule has 0 bridgehead atoms. The van der Waals surface area contributed by atoms with Gasteiger partial charge >= 0.3 is 5.23 Å². The molecule has 0 N–H and O–H groups in total. The van der Waals surface area contributed by atoms with Gasteiger partial charge in [-0.2, -0.15) is 0 Å². The minimum atomic E-state index is -3.41. The molecule has 0 atom stereocenters. The number of aliphatic imine (C=N–C) groups is 1. The maximum Gasteiger partial charge on any atom is 0.315 e. The molecule has 0 aliphatic carbocycles. The Bertz CT molecular complexity index is 302. The molecule has 4 nitrogen and oxygen atoms in total. The first-order valence-corrected chi connectivity index (χ1v) is 4.59. The van der Waals surface area contributed by atoms with E-state index in [-0.39, 0.29) is 9.04 Å². The van der Waals surface area contributed by atoms with Crippen LogP contribution in [0.1, 0.15) is 0 Å². The van der Waals surface area contributed by atoms with Crippen molar-refractivity contribution >= 4 is 31.0 Å². The van der Waals surface area contributed by atoms with Gasteiger partial charge in [-0.1, -0.05) is 0 Å². The van der Waals surface area contributed by atoms with E-state index in [1.165, 1.54) is 13.3 Å². The molecule has 10 heavy (non-hydrogen) atoms. The number of halogens is 1. The molecule has 0 saturated heterocycles. The molecule has 0 aromatic carbocycles. The highest BCUT2D eigenvalue weighted by Gasteiger charge is 2.28. The van der Waals surface area contributed by atoms with E-state index in [2.05, 4.69) is 25.7 Å². The fraction of sp³-hybridized carbons (Fsp3) is 0.250. The van der Waals surface area contributed by atoms with Crippen LogP contribution >= 0.6 is 15.9 Å². The molecule has 56 valence electrons. The third kappa shape index (κ3) is 0.969. The Morgan fingerprint density at radius 2 is 2.30 bits per heavy atom. The molecular formula is C4H4BrNO3S. The van der Waals surface area contributed by atoms with Crippen molar-refractivity contribution in [3.05, 3.63) is 10.0 Å². The zero-order chi connectivity index (χ0) is 7.78. The van der Waals surface area contributed by atoms with Gasteiger partial charge in [0.1, 0.15) is 3.81 Å². The summed E-state index contributed by atoms with van der Waals surface area (Å²) in [7, 11) is -2.15. The van der Waals surface area contributed by atoms with Gasteiger partial charge in [-0.05, 0) is 15.9 Å².